The third kappa shape index (κ3) is 3.32. The molecule has 1 aromatic heterocycles. The van der Waals surface area contributed by atoms with Crippen molar-refractivity contribution < 1.29 is 0 Å². The van der Waals surface area contributed by atoms with Crippen molar-refractivity contribution >= 4 is 22.3 Å². The van der Waals surface area contributed by atoms with Crippen molar-refractivity contribution in [3.8, 4) is 5.69 Å². The molecule has 0 amide bonds. The molecule has 0 fully saturated rings. The molecule has 1 heterocycles. The number of rotatable bonds is 4. The average molecular weight is 358 g/mol. The molecule has 0 bridgehead atoms. The van der Waals surface area contributed by atoms with Gasteiger partial charge in [-0.1, -0.05) is 30.3 Å². The number of hydrogen-bond acceptors (Lipinski definition) is 4. The van der Waals surface area contributed by atoms with Gasteiger partial charge in [0, 0.05) is 17.9 Å². The van der Waals surface area contributed by atoms with Gasteiger partial charge in [0.05, 0.1) is 16.6 Å². The number of anilines is 2. The number of aromatic nitrogens is 2. The minimum absolute atomic E-state index is 0.367. The number of nitrogens with zero attached hydrogens (tertiary/aromatic N) is 1. The number of benzene rings is 3. The minimum atomic E-state index is -0.488. The molecule has 0 aliphatic carbocycles. The van der Waals surface area contributed by atoms with Gasteiger partial charge in [0.2, 0.25) is 0 Å². The van der Waals surface area contributed by atoms with Crippen LogP contribution in [0.25, 0.3) is 16.6 Å². The first kappa shape index (κ1) is 16.7. The van der Waals surface area contributed by atoms with Gasteiger partial charge in [0.1, 0.15) is 0 Å². The third-order valence-corrected chi connectivity index (χ3v) is 4.39. The summed E-state index contributed by atoms with van der Waals surface area (Å²) >= 11 is 0. The lowest BCUT2D eigenvalue weighted by molar-refractivity contribution is 0.901. The molecule has 0 saturated heterocycles. The number of nitrogen functional groups attached to an aromatic ring is 1. The molecule has 6 nitrogen and oxygen atoms in total. The van der Waals surface area contributed by atoms with E-state index in [2.05, 4.69) is 10.3 Å². The molecule has 6 heteroatoms. The Morgan fingerprint density at radius 1 is 0.926 bits per heavy atom. The predicted molar refractivity (Wildman–Crippen MR) is 108 cm³/mol. The topological polar surface area (TPSA) is 92.9 Å². The summed E-state index contributed by atoms with van der Waals surface area (Å²) in [6, 6.07) is 21.9. The lowest BCUT2D eigenvalue weighted by Gasteiger charge is -2.10. The Morgan fingerprint density at radius 2 is 1.67 bits per heavy atom. The highest BCUT2D eigenvalue weighted by molar-refractivity contribution is 5.81. The van der Waals surface area contributed by atoms with Crippen LogP contribution >= 0.6 is 0 Å². The Hall–Kier alpha value is -3.80. The highest BCUT2D eigenvalue weighted by Gasteiger charge is 2.10. The van der Waals surface area contributed by atoms with E-state index in [-0.39, 0.29) is 5.56 Å². The zero-order valence-corrected chi connectivity index (χ0v) is 14.5. The normalized spacial score (nSPS) is 10.8. The molecule has 134 valence electrons. The number of fused-ring (bicyclic) bond motifs is 1. The fourth-order valence-electron chi connectivity index (χ4n) is 2.99. The Morgan fingerprint density at radius 3 is 2.41 bits per heavy atom. The fraction of sp³-hybridized carbons (Fsp3) is 0.0476. The van der Waals surface area contributed by atoms with Gasteiger partial charge in [-0.15, -0.1) is 0 Å². The summed E-state index contributed by atoms with van der Waals surface area (Å²) in [7, 11) is 0. The van der Waals surface area contributed by atoms with Crippen molar-refractivity contribution in [2.75, 3.05) is 11.1 Å². The van der Waals surface area contributed by atoms with Crippen LogP contribution in [0.3, 0.4) is 0 Å². The molecular formula is C21H18N4O2. The smallest absolute Gasteiger partial charge is 0.333 e. The Balaban J connectivity index is 1.71. The van der Waals surface area contributed by atoms with E-state index in [0.29, 0.717) is 28.8 Å². The maximum atomic E-state index is 12.8. The van der Waals surface area contributed by atoms with Crippen LogP contribution in [-0.4, -0.2) is 9.55 Å². The van der Waals surface area contributed by atoms with Gasteiger partial charge in [0.25, 0.3) is 5.56 Å². The maximum Gasteiger partial charge on any atom is 0.333 e. The predicted octanol–water partition coefficient (Wildman–Crippen LogP) is 2.87. The Kier molecular flexibility index (Phi) is 4.22. The molecule has 0 saturated carbocycles. The van der Waals surface area contributed by atoms with Crippen molar-refractivity contribution in [1.82, 2.24) is 9.55 Å². The lowest BCUT2D eigenvalue weighted by Crippen LogP contribution is -2.33. The third-order valence-electron chi connectivity index (χ3n) is 4.39. The maximum absolute atomic E-state index is 12.8. The van der Waals surface area contributed by atoms with Crippen LogP contribution in [0.4, 0.5) is 11.4 Å². The monoisotopic (exact) mass is 358 g/mol. The van der Waals surface area contributed by atoms with E-state index in [1.165, 1.54) is 0 Å². The van der Waals surface area contributed by atoms with Gasteiger partial charge in [-0.25, -0.2) is 9.36 Å². The van der Waals surface area contributed by atoms with Crippen LogP contribution in [-0.2, 0) is 6.54 Å². The van der Waals surface area contributed by atoms with Gasteiger partial charge >= 0.3 is 5.69 Å². The van der Waals surface area contributed by atoms with E-state index >= 15 is 0 Å². The van der Waals surface area contributed by atoms with Crippen LogP contribution in [0.2, 0.25) is 0 Å². The van der Waals surface area contributed by atoms with E-state index in [0.717, 1.165) is 15.8 Å². The standard InChI is InChI=1S/C21H18N4O2/c22-15-6-9-17(10-7-15)25-20(26)18-11-8-16(12-19(18)24-21(25)27)23-13-14-4-2-1-3-5-14/h1-12,23H,13,22H2,(H,24,27). The first-order chi connectivity index (χ1) is 13.1. The van der Waals surface area contributed by atoms with Crippen LogP contribution in [0.1, 0.15) is 5.56 Å². The lowest BCUT2D eigenvalue weighted by atomic mass is 10.2. The van der Waals surface area contributed by atoms with Gasteiger partial charge in [0.15, 0.2) is 0 Å². The molecule has 4 N–H and O–H groups in total. The average Bonchev–Trinajstić information content (AvgIpc) is 2.68. The Bertz CT molecular complexity index is 1210. The first-order valence-corrected chi connectivity index (χ1v) is 8.54. The van der Waals surface area contributed by atoms with Gasteiger partial charge in [-0.3, -0.25) is 4.79 Å². The summed E-state index contributed by atoms with van der Waals surface area (Å²) in [6.45, 7) is 0.652. The summed E-state index contributed by atoms with van der Waals surface area (Å²) in [4.78, 5) is 28.1. The van der Waals surface area contributed by atoms with Crippen molar-refractivity contribution in [2.45, 2.75) is 6.54 Å². The SMILES string of the molecule is Nc1ccc(-n2c(=O)[nH]c3cc(NCc4ccccc4)ccc3c2=O)cc1. The van der Waals surface area contributed by atoms with Crippen LogP contribution < -0.4 is 22.3 Å². The van der Waals surface area contributed by atoms with Crippen molar-refractivity contribution in [1.29, 1.82) is 0 Å². The summed E-state index contributed by atoms with van der Waals surface area (Å²) < 4.78 is 1.11. The number of nitrogens with two attached hydrogens (primary N) is 1. The molecule has 0 spiro atoms. The van der Waals surface area contributed by atoms with E-state index in [1.54, 1.807) is 36.4 Å². The second-order valence-electron chi connectivity index (χ2n) is 6.26. The van der Waals surface area contributed by atoms with Crippen molar-refractivity contribution in [3.05, 3.63) is 99.2 Å². The van der Waals surface area contributed by atoms with Gasteiger partial charge < -0.3 is 16.0 Å². The van der Waals surface area contributed by atoms with E-state index in [1.807, 2.05) is 36.4 Å². The largest absolute Gasteiger partial charge is 0.399 e. The van der Waals surface area contributed by atoms with Gasteiger partial charge in [-0.05, 0) is 48.0 Å². The quantitative estimate of drug-likeness (QED) is 0.489. The number of hydrogen-bond donors (Lipinski definition) is 3. The molecule has 4 aromatic rings. The molecular weight excluding hydrogens is 340 g/mol. The number of H-pyrrole nitrogens is 1. The molecule has 3 aromatic carbocycles. The molecule has 0 radical (unpaired) electrons. The van der Waals surface area contributed by atoms with Crippen LogP contribution in [0, 0.1) is 0 Å². The number of nitrogens with one attached hydrogen (secondary N) is 2. The van der Waals surface area contributed by atoms with Crippen LogP contribution in [0.5, 0.6) is 0 Å². The zero-order chi connectivity index (χ0) is 18.8. The van der Waals surface area contributed by atoms with Gasteiger partial charge in [-0.2, -0.15) is 0 Å². The summed E-state index contributed by atoms with van der Waals surface area (Å²) in [5.41, 5.74) is 8.33. The summed E-state index contributed by atoms with van der Waals surface area (Å²) in [6.07, 6.45) is 0. The molecule has 4 rings (SSSR count). The van der Waals surface area contributed by atoms with E-state index < -0.39 is 5.69 Å². The molecule has 27 heavy (non-hydrogen) atoms. The number of aromatic amines is 1. The highest BCUT2D eigenvalue weighted by Crippen LogP contribution is 2.16. The second kappa shape index (κ2) is 6.84. The van der Waals surface area contributed by atoms with Crippen molar-refractivity contribution in [2.24, 2.45) is 0 Å². The van der Waals surface area contributed by atoms with Crippen molar-refractivity contribution in [3.63, 3.8) is 0 Å². The van der Waals surface area contributed by atoms with Crippen LogP contribution in [0.15, 0.2) is 82.4 Å². The Labute approximate surface area is 154 Å². The van der Waals surface area contributed by atoms with E-state index in [9.17, 15) is 9.59 Å². The minimum Gasteiger partial charge on any atom is -0.399 e. The van der Waals surface area contributed by atoms with E-state index in [4.69, 9.17) is 5.73 Å². The summed E-state index contributed by atoms with van der Waals surface area (Å²) in [5, 5.41) is 3.74. The second-order valence-corrected chi connectivity index (χ2v) is 6.26. The molecule has 0 aliphatic heterocycles. The molecule has 0 atom stereocenters. The first-order valence-electron chi connectivity index (χ1n) is 8.54. The molecule has 0 aliphatic rings. The summed E-state index contributed by atoms with van der Waals surface area (Å²) in [5.74, 6) is 0. The zero-order valence-electron chi connectivity index (χ0n) is 14.5. The highest BCUT2D eigenvalue weighted by atomic mass is 16.2. The fourth-order valence-corrected chi connectivity index (χ4v) is 2.99. The molecule has 0 unspecified atom stereocenters.